The Balaban J connectivity index is 1.82. The summed E-state index contributed by atoms with van der Waals surface area (Å²) in [5, 5.41) is 3.63. The van der Waals surface area contributed by atoms with Crippen molar-refractivity contribution in [2.75, 3.05) is 14.2 Å². The zero-order valence-electron chi connectivity index (χ0n) is 14.4. The van der Waals surface area contributed by atoms with Gasteiger partial charge in [-0.05, 0) is 30.7 Å². The third-order valence-corrected chi connectivity index (χ3v) is 3.83. The highest BCUT2D eigenvalue weighted by atomic mass is 16.5. The number of methoxy groups -OCH3 is 2. The van der Waals surface area contributed by atoms with Crippen molar-refractivity contribution >= 4 is 16.8 Å². The normalized spacial score (nSPS) is 10.5. The molecule has 0 bridgehead atoms. The van der Waals surface area contributed by atoms with E-state index < -0.39 is 0 Å². The first-order valence-corrected chi connectivity index (χ1v) is 7.85. The van der Waals surface area contributed by atoms with Crippen LogP contribution in [-0.4, -0.2) is 30.1 Å². The Kier molecular flexibility index (Phi) is 4.79. The predicted molar refractivity (Wildman–Crippen MR) is 95.0 cm³/mol. The van der Waals surface area contributed by atoms with Crippen LogP contribution in [0.2, 0.25) is 0 Å². The number of hydrogen-bond donors (Lipinski definition) is 1. The number of nitrogens with one attached hydrogen (secondary N) is 1. The maximum absolute atomic E-state index is 12.6. The van der Waals surface area contributed by atoms with Crippen LogP contribution in [0.25, 0.3) is 10.9 Å². The molecule has 6 nitrogen and oxygen atoms in total. The molecule has 128 valence electrons. The Morgan fingerprint density at radius 1 is 1.04 bits per heavy atom. The van der Waals surface area contributed by atoms with Gasteiger partial charge in [-0.25, -0.2) is 9.97 Å². The summed E-state index contributed by atoms with van der Waals surface area (Å²) in [4.78, 5) is 21.3. The minimum Gasteiger partial charge on any atom is -0.493 e. The van der Waals surface area contributed by atoms with E-state index in [0.29, 0.717) is 29.6 Å². The van der Waals surface area contributed by atoms with Gasteiger partial charge < -0.3 is 14.8 Å². The van der Waals surface area contributed by atoms with Gasteiger partial charge in [0.05, 0.1) is 19.7 Å². The van der Waals surface area contributed by atoms with E-state index in [2.05, 4.69) is 15.3 Å². The molecule has 1 aromatic heterocycles. The van der Waals surface area contributed by atoms with E-state index in [1.807, 2.05) is 42.5 Å². The second kappa shape index (κ2) is 7.17. The summed E-state index contributed by atoms with van der Waals surface area (Å²) in [7, 11) is 3.16. The van der Waals surface area contributed by atoms with Crippen LogP contribution in [-0.2, 0) is 6.54 Å². The molecule has 0 aliphatic rings. The van der Waals surface area contributed by atoms with Gasteiger partial charge in [0.25, 0.3) is 5.91 Å². The molecule has 25 heavy (non-hydrogen) atoms. The van der Waals surface area contributed by atoms with Crippen LogP contribution in [0.5, 0.6) is 11.5 Å². The molecule has 0 radical (unpaired) electrons. The van der Waals surface area contributed by atoms with Gasteiger partial charge in [0, 0.05) is 11.9 Å². The minimum atomic E-state index is -0.239. The third kappa shape index (κ3) is 3.52. The number of benzene rings is 2. The molecule has 0 saturated carbocycles. The van der Waals surface area contributed by atoms with E-state index in [1.54, 1.807) is 21.1 Å². The first kappa shape index (κ1) is 16.7. The zero-order valence-corrected chi connectivity index (χ0v) is 14.4. The van der Waals surface area contributed by atoms with Crippen molar-refractivity contribution in [2.45, 2.75) is 13.5 Å². The van der Waals surface area contributed by atoms with Crippen LogP contribution >= 0.6 is 0 Å². The Hall–Kier alpha value is -3.15. The van der Waals surface area contributed by atoms with Gasteiger partial charge in [0.15, 0.2) is 11.5 Å². The highest BCUT2D eigenvalue weighted by Gasteiger charge is 2.14. The molecular formula is C19H19N3O3. The van der Waals surface area contributed by atoms with Gasteiger partial charge >= 0.3 is 0 Å². The Morgan fingerprint density at radius 3 is 2.56 bits per heavy atom. The van der Waals surface area contributed by atoms with Crippen LogP contribution in [0.15, 0.2) is 42.5 Å². The van der Waals surface area contributed by atoms with Crippen molar-refractivity contribution in [3.05, 3.63) is 59.5 Å². The molecule has 1 N–H and O–H groups in total. The summed E-state index contributed by atoms with van der Waals surface area (Å²) in [5.41, 5.74) is 2.04. The number of aromatic nitrogens is 2. The second-order valence-electron chi connectivity index (χ2n) is 5.51. The lowest BCUT2D eigenvalue weighted by atomic mass is 10.1. The van der Waals surface area contributed by atoms with E-state index in [-0.39, 0.29) is 5.91 Å². The topological polar surface area (TPSA) is 73.3 Å². The van der Waals surface area contributed by atoms with Gasteiger partial charge in [-0.3, -0.25) is 4.79 Å². The first-order chi connectivity index (χ1) is 12.1. The Bertz CT molecular complexity index is 925. The predicted octanol–water partition coefficient (Wildman–Crippen LogP) is 2.89. The van der Waals surface area contributed by atoms with Crippen molar-refractivity contribution in [1.82, 2.24) is 15.3 Å². The van der Waals surface area contributed by atoms with E-state index >= 15 is 0 Å². The van der Waals surface area contributed by atoms with Gasteiger partial charge in [-0.1, -0.05) is 24.3 Å². The van der Waals surface area contributed by atoms with Crippen LogP contribution < -0.4 is 14.8 Å². The first-order valence-electron chi connectivity index (χ1n) is 7.85. The minimum absolute atomic E-state index is 0.239. The summed E-state index contributed by atoms with van der Waals surface area (Å²) in [6.45, 7) is 2.13. The van der Waals surface area contributed by atoms with E-state index in [1.165, 1.54) is 0 Å². The van der Waals surface area contributed by atoms with Crippen molar-refractivity contribution < 1.29 is 14.3 Å². The molecule has 2 aromatic carbocycles. The van der Waals surface area contributed by atoms with Crippen molar-refractivity contribution in [3.8, 4) is 11.5 Å². The van der Waals surface area contributed by atoms with Crippen LogP contribution in [0.1, 0.15) is 21.9 Å². The molecule has 3 rings (SSSR count). The lowest BCUT2D eigenvalue weighted by Crippen LogP contribution is -2.24. The molecule has 0 aliphatic carbocycles. The SMILES string of the molecule is COc1ccc(CNC(=O)c2nc(C)nc3ccccc23)cc1OC. The monoisotopic (exact) mass is 337 g/mol. The molecule has 0 unspecified atom stereocenters. The van der Waals surface area contributed by atoms with Gasteiger partial charge in [-0.15, -0.1) is 0 Å². The molecule has 0 aliphatic heterocycles. The highest BCUT2D eigenvalue weighted by Crippen LogP contribution is 2.27. The fourth-order valence-electron chi connectivity index (χ4n) is 2.62. The molecular weight excluding hydrogens is 318 g/mol. The summed E-state index contributed by atoms with van der Waals surface area (Å²) in [6, 6.07) is 13.0. The maximum Gasteiger partial charge on any atom is 0.270 e. The number of para-hydroxylation sites is 1. The molecule has 0 atom stereocenters. The van der Waals surface area contributed by atoms with E-state index in [9.17, 15) is 4.79 Å². The number of amides is 1. The summed E-state index contributed by atoms with van der Waals surface area (Å²) >= 11 is 0. The average molecular weight is 337 g/mol. The Morgan fingerprint density at radius 2 is 1.80 bits per heavy atom. The standard InChI is InChI=1S/C19H19N3O3/c1-12-21-15-7-5-4-6-14(15)18(22-12)19(23)20-11-13-8-9-16(24-2)17(10-13)25-3/h4-10H,11H2,1-3H3,(H,20,23). The highest BCUT2D eigenvalue weighted by molar-refractivity contribution is 6.04. The number of rotatable bonds is 5. The lowest BCUT2D eigenvalue weighted by molar-refractivity contribution is 0.0947. The number of fused-ring (bicyclic) bond motifs is 1. The maximum atomic E-state index is 12.6. The van der Waals surface area contributed by atoms with Crippen LogP contribution in [0.3, 0.4) is 0 Å². The van der Waals surface area contributed by atoms with Crippen LogP contribution in [0, 0.1) is 6.92 Å². The molecule has 6 heteroatoms. The lowest BCUT2D eigenvalue weighted by Gasteiger charge is -2.11. The smallest absolute Gasteiger partial charge is 0.270 e. The Labute approximate surface area is 145 Å². The number of hydrogen-bond acceptors (Lipinski definition) is 5. The largest absolute Gasteiger partial charge is 0.493 e. The van der Waals surface area contributed by atoms with Gasteiger partial charge in [-0.2, -0.15) is 0 Å². The summed E-state index contributed by atoms with van der Waals surface area (Å²) in [5.74, 6) is 1.60. The van der Waals surface area contributed by atoms with Crippen molar-refractivity contribution in [2.24, 2.45) is 0 Å². The molecule has 0 fully saturated rings. The third-order valence-electron chi connectivity index (χ3n) is 3.83. The van der Waals surface area contributed by atoms with Crippen molar-refractivity contribution in [1.29, 1.82) is 0 Å². The second-order valence-corrected chi connectivity index (χ2v) is 5.51. The fraction of sp³-hybridized carbons (Fsp3) is 0.211. The summed E-state index contributed by atoms with van der Waals surface area (Å²) in [6.07, 6.45) is 0. The van der Waals surface area contributed by atoms with Gasteiger partial charge in [0.2, 0.25) is 0 Å². The molecule has 0 saturated heterocycles. The molecule has 1 heterocycles. The number of ether oxygens (including phenoxy) is 2. The molecule has 3 aromatic rings. The average Bonchev–Trinajstić information content (AvgIpc) is 2.65. The number of carbonyl (C=O) groups is 1. The van der Waals surface area contributed by atoms with Gasteiger partial charge in [0.1, 0.15) is 11.5 Å². The van der Waals surface area contributed by atoms with Crippen LogP contribution in [0.4, 0.5) is 0 Å². The molecule has 0 spiro atoms. The van der Waals surface area contributed by atoms with E-state index in [4.69, 9.17) is 9.47 Å². The number of aryl methyl sites for hydroxylation is 1. The quantitative estimate of drug-likeness (QED) is 0.775. The zero-order chi connectivity index (χ0) is 17.8. The summed E-state index contributed by atoms with van der Waals surface area (Å²) < 4.78 is 10.5. The number of carbonyl (C=O) groups excluding carboxylic acids is 1. The van der Waals surface area contributed by atoms with Crippen molar-refractivity contribution in [3.63, 3.8) is 0 Å². The van der Waals surface area contributed by atoms with E-state index in [0.717, 1.165) is 16.5 Å². The number of nitrogens with zero attached hydrogens (tertiary/aromatic N) is 2. The molecule has 1 amide bonds. The fourth-order valence-corrected chi connectivity index (χ4v) is 2.62.